The highest BCUT2D eigenvalue weighted by atomic mass is 32.2. The zero-order valence-corrected chi connectivity index (χ0v) is 17.5. The Morgan fingerprint density at radius 2 is 1.76 bits per heavy atom. The summed E-state index contributed by atoms with van der Waals surface area (Å²) in [7, 11) is -1.80. The summed E-state index contributed by atoms with van der Waals surface area (Å²) in [4.78, 5) is 4.13. The Bertz CT molecular complexity index is 1220. The molecule has 0 spiro atoms. The molecule has 7 nitrogen and oxygen atoms in total. The van der Waals surface area contributed by atoms with E-state index in [0.29, 0.717) is 5.13 Å². The summed E-state index contributed by atoms with van der Waals surface area (Å²) in [6.45, 7) is 1.97. The van der Waals surface area contributed by atoms with Gasteiger partial charge in [-0.05, 0) is 36.8 Å². The number of hydrogen-bond acceptors (Lipinski definition) is 6. The molecular weight excluding hydrogens is 406 g/mol. The van der Waals surface area contributed by atoms with Gasteiger partial charge in [-0.15, -0.1) is 11.3 Å². The Balaban J connectivity index is 1.60. The number of anilines is 3. The number of aryl methyl sites for hydroxylation is 2. The molecule has 29 heavy (non-hydrogen) atoms. The summed E-state index contributed by atoms with van der Waals surface area (Å²) in [5, 5.41) is 9.94. The second kappa shape index (κ2) is 7.69. The fraction of sp³-hybridized carbons (Fsp3) is 0.100. The lowest BCUT2D eigenvalue weighted by atomic mass is 10.1. The first-order valence-electron chi connectivity index (χ1n) is 8.82. The predicted molar refractivity (Wildman–Crippen MR) is 116 cm³/mol. The van der Waals surface area contributed by atoms with E-state index < -0.39 is 10.0 Å². The highest BCUT2D eigenvalue weighted by Crippen LogP contribution is 2.33. The Morgan fingerprint density at radius 3 is 2.41 bits per heavy atom. The quantitative estimate of drug-likeness (QED) is 0.478. The summed E-state index contributed by atoms with van der Waals surface area (Å²) in [6, 6.07) is 16.6. The smallest absolute Gasteiger partial charge is 0.263 e. The van der Waals surface area contributed by atoms with Gasteiger partial charge in [0, 0.05) is 29.9 Å². The number of rotatable bonds is 6. The van der Waals surface area contributed by atoms with Crippen LogP contribution in [0.5, 0.6) is 0 Å². The molecule has 148 valence electrons. The maximum atomic E-state index is 12.5. The molecule has 0 amide bonds. The molecule has 4 aromatic rings. The molecule has 9 heteroatoms. The molecule has 0 saturated heterocycles. The average Bonchev–Trinajstić information content (AvgIpc) is 3.30. The lowest BCUT2D eigenvalue weighted by Gasteiger charge is -2.11. The topological polar surface area (TPSA) is 88.9 Å². The molecule has 2 aromatic carbocycles. The number of aromatic nitrogens is 3. The molecule has 0 atom stereocenters. The van der Waals surface area contributed by atoms with Crippen LogP contribution in [-0.4, -0.2) is 23.2 Å². The third kappa shape index (κ3) is 4.01. The van der Waals surface area contributed by atoms with Crippen molar-refractivity contribution in [2.75, 3.05) is 10.0 Å². The second-order valence-corrected chi connectivity index (χ2v) is 8.97. The van der Waals surface area contributed by atoms with Gasteiger partial charge < -0.3 is 5.32 Å². The van der Waals surface area contributed by atoms with Crippen molar-refractivity contribution in [1.29, 1.82) is 0 Å². The zero-order valence-electron chi connectivity index (χ0n) is 15.8. The van der Waals surface area contributed by atoms with E-state index in [4.69, 9.17) is 0 Å². The standard InChI is InChI=1S/C20H19N5O2S2/c1-14-18(15-6-4-3-5-7-15)19(25(2)23-14)22-16-8-10-17(11-9-16)29(26,27)24-20-21-12-13-28-20/h3-13,22H,1-2H3,(H,21,24). The monoisotopic (exact) mass is 425 g/mol. The van der Waals surface area contributed by atoms with Crippen LogP contribution in [0, 0.1) is 6.92 Å². The van der Waals surface area contributed by atoms with Gasteiger partial charge in [0.05, 0.1) is 10.6 Å². The minimum absolute atomic E-state index is 0.169. The number of hydrogen-bond donors (Lipinski definition) is 2. The summed E-state index contributed by atoms with van der Waals surface area (Å²) < 4.78 is 29.2. The minimum atomic E-state index is -3.68. The van der Waals surface area contributed by atoms with Gasteiger partial charge in [0.2, 0.25) is 0 Å². The maximum absolute atomic E-state index is 12.5. The van der Waals surface area contributed by atoms with Crippen LogP contribution in [0.3, 0.4) is 0 Å². The molecule has 2 aromatic heterocycles. The van der Waals surface area contributed by atoms with Gasteiger partial charge in [0.1, 0.15) is 5.82 Å². The van der Waals surface area contributed by atoms with E-state index in [1.54, 1.807) is 40.5 Å². The second-order valence-electron chi connectivity index (χ2n) is 6.39. The fourth-order valence-corrected chi connectivity index (χ4v) is 4.84. The van der Waals surface area contributed by atoms with E-state index in [-0.39, 0.29) is 4.90 Å². The fourth-order valence-electron chi connectivity index (χ4n) is 3.05. The van der Waals surface area contributed by atoms with Gasteiger partial charge in [-0.3, -0.25) is 9.40 Å². The first-order chi connectivity index (χ1) is 13.9. The Labute approximate surface area is 173 Å². The maximum Gasteiger partial charge on any atom is 0.263 e. The molecule has 4 rings (SSSR count). The van der Waals surface area contributed by atoms with Crippen LogP contribution in [0.2, 0.25) is 0 Å². The highest BCUT2D eigenvalue weighted by molar-refractivity contribution is 7.93. The van der Waals surface area contributed by atoms with E-state index in [9.17, 15) is 8.42 Å². The van der Waals surface area contributed by atoms with Crippen molar-refractivity contribution in [3.8, 4) is 11.1 Å². The van der Waals surface area contributed by atoms with E-state index in [1.807, 2.05) is 44.3 Å². The van der Waals surface area contributed by atoms with Crippen LogP contribution < -0.4 is 10.0 Å². The van der Waals surface area contributed by atoms with Crippen molar-refractivity contribution in [1.82, 2.24) is 14.8 Å². The van der Waals surface area contributed by atoms with Crippen molar-refractivity contribution >= 4 is 38.0 Å². The number of nitrogens with zero attached hydrogens (tertiary/aromatic N) is 3. The molecule has 0 aliphatic carbocycles. The van der Waals surface area contributed by atoms with Crippen LogP contribution >= 0.6 is 11.3 Å². The molecule has 0 aliphatic heterocycles. The predicted octanol–water partition coefficient (Wildman–Crippen LogP) is 4.40. The molecule has 0 saturated carbocycles. The van der Waals surface area contributed by atoms with Crippen molar-refractivity contribution in [3.05, 3.63) is 71.9 Å². The van der Waals surface area contributed by atoms with Crippen molar-refractivity contribution < 1.29 is 8.42 Å². The van der Waals surface area contributed by atoms with Crippen LogP contribution in [-0.2, 0) is 17.1 Å². The summed E-state index contributed by atoms with van der Waals surface area (Å²) >= 11 is 1.23. The molecule has 0 fully saturated rings. The van der Waals surface area contributed by atoms with E-state index in [1.165, 1.54) is 11.3 Å². The van der Waals surface area contributed by atoms with Gasteiger partial charge in [-0.2, -0.15) is 5.10 Å². The molecule has 0 aliphatic rings. The Hall–Kier alpha value is -3.17. The Kier molecular flexibility index (Phi) is 5.08. The highest BCUT2D eigenvalue weighted by Gasteiger charge is 2.17. The SMILES string of the molecule is Cc1nn(C)c(Nc2ccc(S(=O)(=O)Nc3nccs3)cc2)c1-c1ccccc1. The normalized spacial score (nSPS) is 11.4. The third-order valence-corrected chi connectivity index (χ3v) is 6.54. The largest absolute Gasteiger partial charge is 0.340 e. The minimum Gasteiger partial charge on any atom is -0.340 e. The number of sulfonamides is 1. The first kappa shape index (κ1) is 19.2. The van der Waals surface area contributed by atoms with Crippen LogP contribution in [0.25, 0.3) is 11.1 Å². The lowest BCUT2D eigenvalue weighted by molar-refractivity contribution is 0.601. The zero-order chi connectivity index (χ0) is 20.4. The summed E-state index contributed by atoms with van der Waals surface area (Å²) in [5.41, 5.74) is 3.74. The number of benzene rings is 2. The van der Waals surface area contributed by atoms with Gasteiger partial charge in [0.15, 0.2) is 5.13 Å². The molecule has 0 bridgehead atoms. The van der Waals surface area contributed by atoms with Crippen LogP contribution in [0.15, 0.2) is 71.1 Å². The summed E-state index contributed by atoms with van der Waals surface area (Å²) in [6.07, 6.45) is 1.55. The average molecular weight is 426 g/mol. The lowest BCUT2D eigenvalue weighted by Crippen LogP contribution is -2.12. The van der Waals surface area contributed by atoms with Crippen LogP contribution in [0.4, 0.5) is 16.6 Å². The van der Waals surface area contributed by atoms with Gasteiger partial charge in [0.25, 0.3) is 10.0 Å². The van der Waals surface area contributed by atoms with Crippen LogP contribution in [0.1, 0.15) is 5.69 Å². The molecule has 0 radical (unpaired) electrons. The molecular formula is C20H19N5O2S2. The first-order valence-corrected chi connectivity index (χ1v) is 11.2. The number of thiazole rings is 1. The van der Waals surface area contributed by atoms with E-state index in [2.05, 4.69) is 20.1 Å². The molecule has 2 heterocycles. The van der Waals surface area contributed by atoms with Crippen molar-refractivity contribution in [2.24, 2.45) is 7.05 Å². The Morgan fingerprint density at radius 1 is 1.03 bits per heavy atom. The van der Waals surface area contributed by atoms with Gasteiger partial charge >= 0.3 is 0 Å². The van der Waals surface area contributed by atoms with Crippen molar-refractivity contribution in [2.45, 2.75) is 11.8 Å². The molecule has 0 unspecified atom stereocenters. The van der Waals surface area contributed by atoms with Crippen molar-refractivity contribution in [3.63, 3.8) is 0 Å². The van der Waals surface area contributed by atoms with Gasteiger partial charge in [-0.25, -0.2) is 13.4 Å². The van der Waals surface area contributed by atoms with Gasteiger partial charge in [-0.1, -0.05) is 30.3 Å². The van der Waals surface area contributed by atoms with E-state index in [0.717, 1.165) is 28.3 Å². The van der Waals surface area contributed by atoms with E-state index >= 15 is 0 Å². The third-order valence-electron chi connectivity index (χ3n) is 4.37. The summed E-state index contributed by atoms with van der Waals surface area (Å²) in [5.74, 6) is 0.838. The number of nitrogens with one attached hydrogen (secondary N) is 2. The molecule has 2 N–H and O–H groups in total.